The number of nitrogens with two attached hydrogens (primary N) is 1. The number of rotatable bonds is 14. The quantitative estimate of drug-likeness (QED) is 0.148. The van der Waals surface area contributed by atoms with Crippen molar-refractivity contribution in [1.29, 1.82) is 0 Å². The molecule has 14 nitrogen and oxygen atoms in total. The second-order valence-electron chi connectivity index (χ2n) is 7.93. The third-order valence-electron chi connectivity index (χ3n) is 5.16. The summed E-state index contributed by atoms with van der Waals surface area (Å²) in [6.07, 6.45) is -0.0326. The number of hydrogen-bond donors (Lipinski definition) is 8. The van der Waals surface area contributed by atoms with Crippen LogP contribution in [-0.4, -0.2) is 80.6 Å². The first-order valence-electron chi connectivity index (χ1n) is 10.8. The van der Waals surface area contributed by atoms with Gasteiger partial charge in [-0.15, -0.1) is 0 Å². The molecule has 3 unspecified atom stereocenters. The fourth-order valence-corrected chi connectivity index (χ4v) is 3.39. The summed E-state index contributed by atoms with van der Waals surface area (Å²) in [5, 5.41) is 34.1. The van der Waals surface area contributed by atoms with Gasteiger partial charge in [-0.1, -0.05) is 18.2 Å². The highest BCUT2D eigenvalue weighted by molar-refractivity contribution is 5.95. The van der Waals surface area contributed by atoms with Crippen molar-refractivity contribution in [2.75, 3.05) is 6.54 Å². The van der Waals surface area contributed by atoms with Gasteiger partial charge in [0.1, 0.15) is 18.6 Å². The summed E-state index contributed by atoms with van der Waals surface area (Å²) >= 11 is 0. The molecule has 0 saturated heterocycles. The summed E-state index contributed by atoms with van der Waals surface area (Å²) in [7, 11) is 0. The van der Waals surface area contributed by atoms with Gasteiger partial charge in [-0.2, -0.15) is 0 Å². The van der Waals surface area contributed by atoms with E-state index in [4.69, 9.17) is 15.9 Å². The van der Waals surface area contributed by atoms with Crippen LogP contribution < -0.4 is 21.7 Å². The Morgan fingerprint density at radius 1 is 0.861 bits per heavy atom. The van der Waals surface area contributed by atoms with Crippen molar-refractivity contribution in [3.8, 4) is 0 Å². The zero-order chi connectivity index (χ0) is 26.8. The highest BCUT2D eigenvalue weighted by Crippen LogP contribution is 2.18. The van der Waals surface area contributed by atoms with Gasteiger partial charge in [-0.3, -0.25) is 28.8 Å². The molecule has 194 valence electrons. The number of fused-ring (bicyclic) bond motifs is 1. The fourth-order valence-electron chi connectivity index (χ4n) is 3.39. The Hall–Kier alpha value is -4.46. The molecule has 3 atom stereocenters. The van der Waals surface area contributed by atoms with Gasteiger partial charge in [0.2, 0.25) is 17.7 Å². The molecule has 14 heteroatoms. The van der Waals surface area contributed by atoms with Crippen molar-refractivity contribution in [1.82, 2.24) is 20.9 Å². The first-order chi connectivity index (χ1) is 17.0. The Kier molecular flexibility index (Phi) is 9.92. The maximum absolute atomic E-state index is 12.7. The molecule has 0 spiro atoms. The predicted octanol–water partition coefficient (Wildman–Crippen LogP) is -1.45. The molecule has 36 heavy (non-hydrogen) atoms. The summed E-state index contributed by atoms with van der Waals surface area (Å²) in [6.45, 7) is -0.781. The number of aromatic nitrogens is 1. The van der Waals surface area contributed by atoms with Crippen LogP contribution in [0.15, 0.2) is 30.5 Å². The second-order valence-corrected chi connectivity index (χ2v) is 7.93. The lowest BCUT2D eigenvalue weighted by molar-refractivity contribution is -0.142. The first kappa shape index (κ1) is 27.8. The molecule has 0 aliphatic carbocycles. The van der Waals surface area contributed by atoms with Gasteiger partial charge in [0.25, 0.3) is 0 Å². The number of carbonyl (C=O) groups excluding carboxylic acids is 3. The minimum atomic E-state index is -1.64. The van der Waals surface area contributed by atoms with E-state index in [0.29, 0.717) is 0 Å². The standard InChI is InChI=1S/C22H27N5O9/c23-13(7-11-9-24-14-4-2-1-3-12(11)14)20(34)27-16(8-18(30)31)22(36)26-15(5-6-17(28)29)21(35)25-10-19(32)33/h1-4,9,13,15-16,24H,5-8,10,23H2,(H,25,35)(H,26,36)(H,27,34)(H,28,29)(H,30,31)(H,32,33). The molecule has 2 rings (SSSR count). The third kappa shape index (κ3) is 8.39. The molecule has 2 aromatic rings. The second kappa shape index (κ2) is 12.9. The number of aromatic amines is 1. The van der Waals surface area contributed by atoms with E-state index in [-0.39, 0.29) is 6.42 Å². The van der Waals surface area contributed by atoms with E-state index in [0.717, 1.165) is 16.5 Å². The number of carboxylic acids is 3. The lowest BCUT2D eigenvalue weighted by atomic mass is 10.0. The molecular weight excluding hydrogens is 478 g/mol. The molecule has 1 aromatic carbocycles. The first-order valence-corrected chi connectivity index (χ1v) is 10.8. The largest absolute Gasteiger partial charge is 0.481 e. The summed E-state index contributed by atoms with van der Waals surface area (Å²) < 4.78 is 0. The van der Waals surface area contributed by atoms with Crippen LogP contribution in [0.4, 0.5) is 0 Å². The maximum atomic E-state index is 12.7. The van der Waals surface area contributed by atoms with Gasteiger partial charge in [-0.05, 0) is 24.5 Å². The van der Waals surface area contributed by atoms with Gasteiger partial charge in [0, 0.05) is 23.5 Å². The van der Waals surface area contributed by atoms with Crippen LogP contribution in [0.2, 0.25) is 0 Å². The van der Waals surface area contributed by atoms with Crippen LogP contribution in [0.25, 0.3) is 10.9 Å². The Bertz CT molecular complexity index is 1150. The van der Waals surface area contributed by atoms with E-state index in [2.05, 4.69) is 15.6 Å². The Morgan fingerprint density at radius 3 is 2.17 bits per heavy atom. The van der Waals surface area contributed by atoms with Gasteiger partial charge >= 0.3 is 17.9 Å². The molecule has 0 bridgehead atoms. The number of amides is 3. The normalized spacial score (nSPS) is 13.2. The van der Waals surface area contributed by atoms with E-state index < -0.39 is 79.6 Å². The topological polar surface area (TPSA) is 241 Å². The molecule has 0 radical (unpaired) electrons. The summed E-state index contributed by atoms with van der Waals surface area (Å²) in [4.78, 5) is 73.6. The molecule has 9 N–H and O–H groups in total. The zero-order valence-corrected chi connectivity index (χ0v) is 19.0. The van der Waals surface area contributed by atoms with Crippen molar-refractivity contribution in [3.05, 3.63) is 36.0 Å². The van der Waals surface area contributed by atoms with Gasteiger partial charge in [0.15, 0.2) is 0 Å². The summed E-state index contributed by atoms with van der Waals surface area (Å²) in [6, 6.07) is 3.05. The monoisotopic (exact) mass is 505 g/mol. The Balaban J connectivity index is 2.10. The van der Waals surface area contributed by atoms with Crippen LogP contribution >= 0.6 is 0 Å². The van der Waals surface area contributed by atoms with E-state index >= 15 is 0 Å². The maximum Gasteiger partial charge on any atom is 0.322 e. The minimum absolute atomic E-state index is 0.0795. The predicted molar refractivity (Wildman–Crippen MR) is 124 cm³/mol. The summed E-state index contributed by atoms with van der Waals surface area (Å²) in [5.74, 6) is -6.96. The number of hydrogen-bond acceptors (Lipinski definition) is 7. The average molecular weight is 505 g/mol. The van der Waals surface area contributed by atoms with E-state index in [1.165, 1.54) is 0 Å². The number of H-pyrrole nitrogens is 1. The van der Waals surface area contributed by atoms with Crippen molar-refractivity contribution < 1.29 is 44.1 Å². The average Bonchev–Trinajstić information content (AvgIpc) is 3.21. The van der Waals surface area contributed by atoms with E-state index in [1.807, 2.05) is 29.6 Å². The highest BCUT2D eigenvalue weighted by atomic mass is 16.4. The lowest BCUT2D eigenvalue weighted by Gasteiger charge is -2.23. The van der Waals surface area contributed by atoms with Crippen molar-refractivity contribution in [3.63, 3.8) is 0 Å². The fraction of sp³-hybridized carbons (Fsp3) is 0.364. The molecule has 0 aliphatic rings. The Morgan fingerprint density at radius 2 is 1.53 bits per heavy atom. The van der Waals surface area contributed by atoms with Crippen molar-refractivity contribution >= 4 is 46.5 Å². The molecule has 1 heterocycles. The number of carbonyl (C=O) groups is 6. The minimum Gasteiger partial charge on any atom is -0.481 e. The SMILES string of the molecule is NC(Cc1c[nH]c2ccccc12)C(=O)NC(CC(=O)O)C(=O)NC(CCC(=O)O)C(=O)NCC(=O)O. The van der Waals surface area contributed by atoms with E-state index in [9.17, 15) is 33.9 Å². The van der Waals surface area contributed by atoms with Crippen molar-refractivity contribution in [2.45, 2.75) is 43.8 Å². The lowest BCUT2D eigenvalue weighted by Crippen LogP contribution is -2.56. The van der Waals surface area contributed by atoms with Crippen LogP contribution in [0, 0.1) is 0 Å². The Labute approximate surface area is 204 Å². The number of para-hydroxylation sites is 1. The van der Waals surface area contributed by atoms with Gasteiger partial charge in [0.05, 0.1) is 12.5 Å². The third-order valence-corrected chi connectivity index (χ3v) is 5.16. The van der Waals surface area contributed by atoms with Crippen molar-refractivity contribution in [2.24, 2.45) is 5.73 Å². The molecule has 0 aliphatic heterocycles. The zero-order valence-electron chi connectivity index (χ0n) is 19.0. The van der Waals surface area contributed by atoms with E-state index in [1.54, 1.807) is 6.20 Å². The number of aliphatic carboxylic acids is 3. The van der Waals surface area contributed by atoms with Crippen LogP contribution in [0.3, 0.4) is 0 Å². The molecule has 1 aromatic heterocycles. The summed E-state index contributed by atoms with van der Waals surface area (Å²) in [5.41, 5.74) is 7.55. The number of benzene rings is 1. The number of nitrogens with one attached hydrogen (secondary N) is 4. The van der Waals surface area contributed by atoms with Gasteiger partial charge in [-0.25, -0.2) is 0 Å². The highest BCUT2D eigenvalue weighted by Gasteiger charge is 2.30. The molecule has 0 fully saturated rings. The van der Waals surface area contributed by atoms with Gasteiger partial charge < -0.3 is 42.0 Å². The van der Waals surface area contributed by atoms with Crippen LogP contribution in [0.1, 0.15) is 24.8 Å². The molecular formula is C22H27N5O9. The molecule has 0 saturated carbocycles. The molecule has 3 amide bonds. The van der Waals surface area contributed by atoms with Crippen LogP contribution in [-0.2, 0) is 35.2 Å². The smallest absolute Gasteiger partial charge is 0.322 e. The van der Waals surface area contributed by atoms with Crippen LogP contribution in [0.5, 0.6) is 0 Å². The number of carboxylic acid groups (broad SMARTS) is 3.